The molecule has 2 aromatic carbocycles. The van der Waals surface area contributed by atoms with Gasteiger partial charge in [-0.2, -0.15) is 4.68 Å². The Kier molecular flexibility index (Phi) is 5.74. The van der Waals surface area contributed by atoms with Crippen LogP contribution in [0, 0.1) is 0 Å². The molecule has 0 aliphatic carbocycles. The van der Waals surface area contributed by atoms with Gasteiger partial charge >= 0.3 is 0 Å². The smallest absolute Gasteiger partial charge is 0.173 e. The van der Waals surface area contributed by atoms with Gasteiger partial charge < -0.3 is 4.74 Å². The summed E-state index contributed by atoms with van der Waals surface area (Å²) >= 11 is 0. The van der Waals surface area contributed by atoms with Crippen molar-refractivity contribution in [1.82, 2.24) is 25.1 Å². The second-order valence-electron chi connectivity index (χ2n) is 5.96. The van der Waals surface area contributed by atoms with Crippen LogP contribution in [-0.2, 0) is 0 Å². The Labute approximate surface area is 148 Å². The van der Waals surface area contributed by atoms with Crippen LogP contribution in [0.4, 0.5) is 0 Å². The average Bonchev–Trinajstić information content (AvgIpc) is 3.16. The molecular weight excluding hydrogens is 314 g/mol. The molecule has 0 N–H and O–H groups in total. The van der Waals surface area contributed by atoms with Crippen molar-refractivity contribution >= 4 is 0 Å². The van der Waals surface area contributed by atoms with Crippen molar-refractivity contribution in [2.24, 2.45) is 0 Å². The molecule has 130 valence electrons. The van der Waals surface area contributed by atoms with Gasteiger partial charge in [0.05, 0.1) is 18.3 Å². The Bertz CT molecular complexity index is 760. The molecule has 1 heterocycles. The summed E-state index contributed by atoms with van der Waals surface area (Å²) in [7, 11) is 2.08. The van der Waals surface area contributed by atoms with Crippen LogP contribution in [0.25, 0.3) is 5.69 Å². The Morgan fingerprint density at radius 3 is 2.44 bits per heavy atom. The lowest BCUT2D eigenvalue weighted by molar-refractivity contribution is 0.218. The third-order valence-corrected chi connectivity index (χ3v) is 4.20. The van der Waals surface area contributed by atoms with Crippen LogP contribution in [0.1, 0.15) is 25.2 Å². The quantitative estimate of drug-likeness (QED) is 0.591. The zero-order valence-electron chi connectivity index (χ0n) is 14.6. The highest BCUT2D eigenvalue weighted by Crippen LogP contribution is 2.19. The maximum absolute atomic E-state index is 5.75. The first kappa shape index (κ1) is 17.1. The number of ether oxygens (including phenoxy) is 1. The predicted molar refractivity (Wildman–Crippen MR) is 96.8 cm³/mol. The zero-order valence-corrected chi connectivity index (χ0v) is 14.6. The van der Waals surface area contributed by atoms with Gasteiger partial charge in [0.25, 0.3) is 0 Å². The highest BCUT2D eigenvalue weighted by Gasteiger charge is 2.19. The van der Waals surface area contributed by atoms with Crippen molar-refractivity contribution in [3.63, 3.8) is 0 Å². The van der Waals surface area contributed by atoms with Gasteiger partial charge in [-0.05, 0) is 55.1 Å². The van der Waals surface area contributed by atoms with E-state index in [-0.39, 0.29) is 6.04 Å². The van der Waals surface area contributed by atoms with E-state index >= 15 is 0 Å². The van der Waals surface area contributed by atoms with Crippen molar-refractivity contribution in [3.8, 4) is 11.4 Å². The van der Waals surface area contributed by atoms with E-state index in [1.807, 2.05) is 60.7 Å². The van der Waals surface area contributed by atoms with Crippen LogP contribution in [-0.4, -0.2) is 45.3 Å². The summed E-state index contributed by atoms with van der Waals surface area (Å²) in [4.78, 5) is 2.24. The third-order valence-electron chi connectivity index (χ3n) is 4.20. The second-order valence-corrected chi connectivity index (χ2v) is 5.96. The highest BCUT2D eigenvalue weighted by atomic mass is 16.5. The van der Waals surface area contributed by atoms with E-state index in [0.29, 0.717) is 6.61 Å². The van der Waals surface area contributed by atoms with E-state index in [9.17, 15) is 0 Å². The zero-order chi connectivity index (χ0) is 17.5. The average molecular weight is 337 g/mol. The molecule has 0 aliphatic heterocycles. The molecule has 0 radical (unpaired) electrons. The monoisotopic (exact) mass is 337 g/mol. The van der Waals surface area contributed by atoms with E-state index in [2.05, 4.69) is 34.4 Å². The molecule has 0 fully saturated rings. The molecule has 3 aromatic rings. The minimum absolute atomic E-state index is 0.104. The molecule has 0 bridgehead atoms. The van der Waals surface area contributed by atoms with Gasteiger partial charge in [-0.3, -0.25) is 4.90 Å². The summed E-state index contributed by atoms with van der Waals surface area (Å²) in [6, 6.07) is 19.9. The number of hydrogen-bond donors (Lipinski definition) is 0. The first-order valence-corrected chi connectivity index (χ1v) is 8.47. The van der Waals surface area contributed by atoms with Gasteiger partial charge in [0.2, 0.25) is 0 Å². The SMILES string of the molecule is CC(c1nnnn1-c1ccccc1)N(C)CCCOc1ccccc1. The molecule has 3 rings (SSSR count). The summed E-state index contributed by atoms with van der Waals surface area (Å²) < 4.78 is 7.54. The fraction of sp³-hybridized carbons (Fsp3) is 0.316. The van der Waals surface area contributed by atoms with Crippen LogP contribution in [0.3, 0.4) is 0 Å². The first-order chi connectivity index (χ1) is 12.3. The number of aromatic nitrogens is 4. The molecule has 6 heteroatoms. The largest absolute Gasteiger partial charge is 0.494 e. The molecule has 25 heavy (non-hydrogen) atoms. The minimum atomic E-state index is 0.104. The van der Waals surface area contributed by atoms with E-state index < -0.39 is 0 Å². The highest BCUT2D eigenvalue weighted by molar-refractivity contribution is 5.30. The van der Waals surface area contributed by atoms with Gasteiger partial charge in [-0.1, -0.05) is 36.4 Å². The summed E-state index contributed by atoms with van der Waals surface area (Å²) in [5, 5.41) is 12.2. The predicted octanol–water partition coefficient (Wildman–Crippen LogP) is 3.12. The van der Waals surface area contributed by atoms with E-state index in [1.165, 1.54) is 0 Å². The van der Waals surface area contributed by atoms with Gasteiger partial charge in [-0.25, -0.2) is 0 Å². The van der Waals surface area contributed by atoms with Gasteiger partial charge in [0.15, 0.2) is 5.82 Å². The molecule has 1 aromatic heterocycles. The second kappa shape index (κ2) is 8.39. The maximum atomic E-state index is 5.75. The van der Waals surface area contributed by atoms with Gasteiger partial charge in [-0.15, -0.1) is 5.10 Å². The Balaban J connectivity index is 1.54. The van der Waals surface area contributed by atoms with Crippen molar-refractivity contribution in [3.05, 3.63) is 66.5 Å². The molecule has 0 saturated carbocycles. The van der Waals surface area contributed by atoms with Crippen LogP contribution < -0.4 is 4.74 Å². The first-order valence-electron chi connectivity index (χ1n) is 8.47. The van der Waals surface area contributed by atoms with Crippen molar-refractivity contribution in [2.45, 2.75) is 19.4 Å². The lowest BCUT2D eigenvalue weighted by atomic mass is 10.2. The summed E-state index contributed by atoms with van der Waals surface area (Å²) in [6.45, 7) is 3.70. The van der Waals surface area contributed by atoms with Crippen molar-refractivity contribution in [2.75, 3.05) is 20.2 Å². The van der Waals surface area contributed by atoms with E-state index in [1.54, 1.807) is 4.68 Å². The Morgan fingerprint density at radius 1 is 1.04 bits per heavy atom. The van der Waals surface area contributed by atoms with E-state index in [4.69, 9.17) is 4.74 Å². The number of hydrogen-bond acceptors (Lipinski definition) is 5. The number of para-hydroxylation sites is 2. The molecule has 0 spiro atoms. The number of tetrazole rings is 1. The number of rotatable bonds is 8. The van der Waals surface area contributed by atoms with Gasteiger partial charge in [0, 0.05) is 6.54 Å². The van der Waals surface area contributed by atoms with E-state index in [0.717, 1.165) is 30.2 Å². The van der Waals surface area contributed by atoms with Crippen LogP contribution >= 0.6 is 0 Å². The maximum Gasteiger partial charge on any atom is 0.173 e. The van der Waals surface area contributed by atoms with Crippen molar-refractivity contribution < 1.29 is 4.74 Å². The standard InChI is InChI=1S/C19H23N5O/c1-16(19-20-21-22-24(19)17-10-5-3-6-11-17)23(2)14-9-15-25-18-12-7-4-8-13-18/h3-8,10-13,16H,9,14-15H2,1-2H3. The molecule has 0 saturated heterocycles. The lowest BCUT2D eigenvalue weighted by Crippen LogP contribution is -2.27. The normalized spacial score (nSPS) is 12.3. The van der Waals surface area contributed by atoms with Crippen molar-refractivity contribution in [1.29, 1.82) is 0 Å². The Morgan fingerprint density at radius 2 is 1.72 bits per heavy atom. The van der Waals surface area contributed by atoms with Crippen LogP contribution in [0.5, 0.6) is 5.75 Å². The topological polar surface area (TPSA) is 56.1 Å². The summed E-state index contributed by atoms with van der Waals surface area (Å²) in [5.41, 5.74) is 0.968. The molecule has 1 atom stereocenters. The minimum Gasteiger partial charge on any atom is -0.494 e. The third kappa shape index (κ3) is 4.42. The molecule has 6 nitrogen and oxygen atoms in total. The van der Waals surface area contributed by atoms with Crippen LogP contribution in [0.15, 0.2) is 60.7 Å². The number of nitrogens with zero attached hydrogens (tertiary/aromatic N) is 5. The fourth-order valence-electron chi connectivity index (χ4n) is 2.62. The molecule has 0 amide bonds. The molecule has 0 aliphatic rings. The summed E-state index contributed by atoms with van der Waals surface area (Å²) in [6.07, 6.45) is 0.933. The molecule has 1 unspecified atom stereocenters. The summed E-state index contributed by atoms with van der Waals surface area (Å²) in [5.74, 6) is 1.74. The van der Waals surface area contributed by atoms with Crippen LogP contribution in [0.2, 0.25) is 0 Å². The fourth-order valence-corrected chi connectivity index (χ4v) is 2.62. The number of benzene rings is 2. The van der Waals surface area contributed by atoms with Gasteiger partial charge in [0.1, 0.15) is 5.75 Å². The lowest BCUT2D eigenvalue weighted by Gasteiger charge is -2.23. The Hall–Kier alpha value is -2.73. The molecular formula is C19H23N5O.